The Hall–Kier alpha value is -4.07. The number of hydrogen-bond acceptors (Lipinski definition) is 5. The molecule has 0 fully saturated rings. The van der Waals surface area contributed by atoms with E-state index in [0.29, 0.717) is 22.3 Å². The molecular formula is C21H17N5O3. The van der Waals surface area contributed by atoms with E-state index in [1.807, 2.05) is 32.0 Å². The molecule has 144 valence electrons. The zero-order valence-electron chi connectivity index (χ0n) is 15.8. The van der Waals surface area contributed by atoms with Gasteiger partial charge in [-0.25, -0.2) is 0 Å². The van der Waals surface area contributed by atoms with Crippen molar-refractivity contribution in [3.05, 3.63) is 87.5 Å². The molecule has 3 aromatic carbocycles. The quantitative estimate of drug-likeness (QED) is 0.418. The first-order valence-corrected chi connectivity index (χ1v) is 8.91. The number of nitro benzene ring substituents is 1. The molecule has 0 aliphatic heterocycles. The maximum absolute atomic E-state index is 12.4. The Morgan fingerprint density at radius 3 is 2.34 bits per heavy atom. The highest BCUT2D eigenvalue weighted by Gasteiger charge is 2.11. The monoisotopic (exact) mass is 387 g/mol. The van der Waals surface area contributed by atoms with Crippen molar-refractivity contribution in [2.24, 2.45) is 0 Å². The van der Waals surface area contributed by atoms with E-state index >= 15 is 0 Å². The van der Waals surface area contributed by atoms with Crippen LogP contribution in [0.2, 0.25) is 0 Å². The number of hydrogen-bond donors (Lipinski definition) is 1. The number of nitrogens with one attached hydrogen (secondary N) is 1. The van der Waals surface area contributed by atoms with Crippen molar-refractivity contribution in [1.29, 1.82) is 0 Å². The number of benzene rings is 3. The largest absolute Gasteiger partial charge is 0.322 e. The van der Waals surface area contributed by atoms with Crippen LogP contribution in [-0.2, 0) is 0 Å². The van der Waals surface area contributed by atoms with Crippen LogP contribution in [0, 0.1) is 24.0 Å². The fourth-order valence-corrected chi connectivity index (χ4v) is 2.90. The van der Waals surface area contributed by atoms with Gasteiger partial charge in [0, 0.05) is 23.4 Å². The Labute approximate surface area is 165 Å². The Bertz CT molecular complexity index is 1250. The smallest absolute Gasteiger partial charge is 0.269 e. The van der Waals surface area contributed by atoms with Crippen LogP contribution in [0.1, 0.15) is 21.5 Å². The summed E-state index contributed by atoms with van der Waals surface area (Å²) < 4.78 is 0. The predicted octanol–water partition coefficient (Wildman–Crippen LogP) is 4.20. The van der Waals surface area contributed by atoms with Crippen LogP contribution >= 0.6 is 0 Å². The van der Waals surface area contributed by atoms with Gasteiger partial charge in [-0.1, -0.05) is 6.07 Å². The third kappa shape index (κ3) is 3.68. The Morgan fingerprint density at radius 1 is 0.931 bits per heavy atom. The van der Waals surface area contributed by atoms with Crippen LogP contribution in [0.5, 0.6) is 0 Å². The molecular weight excluding hydrogens is 370 g/mol. The minimum absolute atomic E-state index is 0.0640. The van der Waals surface area contributed by atoms with Crippen molar-refractivity contribution >= 4 is 28.3 Å². The molecule has 0 bridgehead atoms. The first kappa shape index (κ1) is 18.3. The molecule has 0 aliphatic rings. The number of amides is 1. The molecule has 8 nitrogen and oxygen atoms in total. The standard InChI is InChI=1S/C21H17N5O3/c1-13-3-7-18(11-14(13)2)25-23-19-10-6-16(12-20(19)24-25)22-21(27)15-4-8-17(9-5-15)26(28)29/h3-12H,1-2H3,(H,22,27). The van der Waals surface area contributed by atoms with Gasteiger partial charge in [0.1, 0.15) is 11.0 Å². The molecule has 4 rings (SSSR count). The lowest BCUT2D eigenvalue weighted by Crippen LogP contribution is -2.11. The number of fused-ring (bicyclic) bond motifs is 1. The van der Waals surface area contributed by atoms with E-state index in [1.54, 1.807) is 23.0 Å². The third-order valence-corrected chi connectivity index (χ3v) is 4.70. The summed E-state index contributed by atoms with van der Waals surface area (Å²) in [5.41, 5.74) is 5.39. The highest BCUT2D eigenvalue weighted by atomic mass is 16.6. The number of nitrogens with zero attached hydrogens (tertiary/aromatic N) is 4. The molecule has 1 heterocycles. The zero-order chi connectivity index (χ0) is 20.5. The average molecular weight is 387 g/mol. The van der Waals surface area contributed by atoms with Crippen LogP contribution in [0.15, 0.2) is 60.7 Å². The third-order valence-electron chi connectivity index (χ3n) is 4.70. The summed E-state index contributed by atoms with van der Waals surface area (Å²) in [7, 11) is 0. The van der Waals surface area contributed by atoms with E-state index in [0.717, 1.165) is 11.3 Å². The highest BCUT2D eigenvalue weighted by molar-refractivity contribution is 6.05. The molecule has 1 N–H and O–H groups in total. The number of aromatic nitrogens is 3. The van der Waals surface area contributed by atoms with Crippen molar-refractivity contribution in [3.63, 3.8) is 0 Å². The number of rotatable bonds is 4. The highest BCUT2D eigenvalue weighted by Crippen LogP contribution is 2.20. The summed E-state index contributed by atoms with van der Waals surface area (Å²) >= 11 is 0. The molecule has 0 saturated carbocycles. The van der Waals surface area contributed by atoms with Crippen LogP contribution < -0.4 is 5.32 Å². The van der Waals surface area contributed by atoms with Gasteiger partial charge in [-0.05, 0) is 67.4 Å². The van der Waals surface area contributed by atoms with E-state index in [1.165, 1.54) is 29.8 Å². The summed E-state index contributed by atoms with van der Waals surface area (Å²) in [6.45, 7) is 4.08. The van der Waals surface area contributed by atoms with Gasteiger partial charge >= 0.3 is 0 Å². The van der Waals surface area contributed by atoms with Gasteiger partial charge in [0.25, 0.3) is 11.6 Å². The van der Waals surface area contributed by atoms with E-state index < -0.39 is 4.92 Å². The topological polar surface area (TPSA) is 103 Å². The number of aryl methyl sites for hydroxylation is 2. The number of carbonyl (C=O) groups is 1. The van der Waals surface area contributed by atoms with Gasteiger partial charge in [-0.2, -0.15) is 4.80 Å². The lowest BCUT2D eigenvalue weighted by molar-refractivity contribution is -0.384. The maximum atomic E-state index is 12.4. The Morgan fingerprint density at radius 2 is 1.66 bits per heavy atom. The summed E-state index contributed by atoms with van der Waals surface area (Å²) in [4.78, 5) is 24.2. The van der Waals surface area contributed by atoms with Crippen LogP contribution in [-0.4, -0.2) is 25.8 Å². The van der Waals surface area contributed by atoms with Crippen molar-refractivity contribution in [3.8, 4) is 5.69 Å². The molecule has 4 aromatic rings. The number of carbonyl (C=O) groups excluding carboxylic acids is 1. The molecule has 29 heavy (non-hydrogen) atoms. The summed E-state index contributed by atoms with van der Waals surface area (Å²) in [5.74, 6) is -0.360. The Kier molecular flexibility index (Phi) is 4.52. The molecule has 0 aliphatic carbocycles. The number of nitro groups is 1. The fourth-order valence-electron chi connectivity index (χ4n) is 2.90. The SMILES string of the molecule is Cc1ccc(-n2nc3ccc(NC(=O)c4ccc([N+](=O)[O-])cc4)cc3n2)cc1C. The first-order valence-electron chi connectivity index (χ1n) is 8.91. The zero-order valence-corrected chi connectivity index (χ0v) is 15.8. The summed E-state index contributed by atoms with van der Waals surface area (Å²) in [6, 6.07) is 16.7. The Balaban J connectivity index is 1.57. The molecule has 8 heteroatoms. The van der Waals surface area contributed by atoms with Crippen molar-refractivity contribution in [2.75, 3.05) is 5.32 Å². The van der Waals surface area contributed by atoms with Crippen molar-refractivity contribution in [2.45, 2.75) is 13.8 Å². The normalized spacial score (nSPS) is 10.8. The molecule has 1 aromatic heterocycles. The lowest BCUT2D eigenvalue weighted by Gasteiger charge is -2.04. The van der Waals surface area contributed by atoms with Gasteiger partial charge in [0.2, 0.25) is 0 Å². The summed E-state index contributed by atoms with van der Waals surface area (Å²) in [6.07, 6.45) is 0. The van der Waals surface area contributed by atoms with Gasteiger partial charge in [-0.3, -0.25) is 14.9 Å². The average Bonchev–Trinajstić information content (AvgIpc) is 3.13. The minimum atomic E-state index is -0.505. The number of anilines is 1. The first-order chi connectivity index (χ1) is 13.9. The van der Waals surface area contributed by atoms with Crippen molar-refractivity contribution in [1.82, 2.24) is 15.0 Å². The van der Waals surface area contributed by atoms with Gasteiger partial charge < -0.3 is 5.32 Å². The minimum Gasteiger partial charge on any atom is -0.322 e. The van der Waals surface area contributed by atoms with E-state index in [4.69, 9.17) is 0 Å². The van der Waals surface area contributed by atoms with Gasteiger partial charge in [0.05, 0.1) is 10.6 Å². The van der Waals surface area contributed by atoms with Crippen molar-refractivity contribution < 1.29 is 9.72 Å². The van der Waals surface area contributed by atoms with Crippen LogP contribution in [0.4, 0.5) is 11.4 Å². The summed E-state index contributed by atoms with van der Waals surface area (Å²) in [5, 5.41) is 22.5. The molecule has 0 atom stereocenters. The van der Waals surface area contributed by atoms with Gasteiger partial charge in [0.15, 0.2) is 0 Å². The van der Waals surface area contributed by atoms with E-state index in [2.05, 4.69) is 15.5 Å². The van der Waals surface area contributed by atoms with E-state index in [-0.39, 0.29) is 11.6 Å². The number of non-ortho nitro benzene ring substituents is 1. The molecule has 0 unspecified atom stereocenters. The van der Waals surface area contributed by atoms with Crippen LogP contribution in [0.3, 0.4) is 0 Å². The van der Waals surface area contributed by atoms with Gasteiger partial charge in [-0.15, -0.1) is 10.2 Å². The maximum Gasteiger partial charge on any atom is 0.269 e. The molecule has 1 amide bonds. The molecule has 0 radical (unpaired) electrons. The van der Waals surface area contributed by atoms with E-state index in [9.17, 15) is 14.9 Å². The fraction of sp³-hybridized carbons (Fsp3) is 0.0952. The second-order valence-corrected chi connectivity index (χ2v) is 6.72. The van der Waals surface area contributed by atoms with Crippen LogP contribution in [0.25, 0.3) is 16.7 Å². The predicted molar refractivity (Wildman–Crippen MR) is 109 cm³/mol. The second kappa shape index (κ2) is 7.16. The molecule has 0 saturated heterocycles. The molecule has 0 spiro atoms. The second-order valence-electron chi connectivity index (χ2n) is 6.72. The lowest BCUT2D eigenvalue weighted by atomic mass is 10.1.